The summed E-state index contributed by atoms with van der Waals surface area (Å²) in [6, 6.07) is 0. The van der Waals surface area contributed by atoms with Crippen LogP contribution in [0.1, 0.15) is 20.3 Å². The zero-order valence-corrected chi connectivity index (χ0v) is 7.26. The molecular weight excluding hydrogens is 144 g/mol. The Hall–Kier alpha value is -0.410. The van der Waals surface area contributed by atoms with E-state index in [0.29, 0.717) is 26.2 Å². The predicted octanol–water partition coefficient (Wildman–Crippen LogP) is 1.02. The molecule has 0 saturated carbocycles. The quantitative estimate of drug-likeness (QED) is 0.521. The molecule has 3 heteroatoms. The molecule has 0 aromatic heterocycles. The number of rotatable bonds is 7. The van der Waals surface area contributed by atoms with Gasteiger partial charge in [-0.05, 0) is 6.92 Å². The highest BCUT2D eigenvalue weighted by molar-refractivity contribution is 5.79. The standard InChI is InChI=1S/C8H16O3/c1-3-8(9)7-11-6-5-10-4-2/h3-7H2,1-2H3. The van der Waals surface area contributed by atoms with Gasteiger partial charge >= 0.3 is 0 Å². The number of ketones is 1. The summed E-state index contributed by atoms with van der Waals surface area (Å²) in [5, 5.41) is 0. The maximum absolute atomic E-state index is 10.7. The van der Waals surface area contributed by atoms with Crippen LogP contribution in [0.4, 0.5) is 0 Å². The second-order valence-corrected chi connectivity index (χ2v) is 2.14. The molecule has 0 aliphatic carbocycles. The lowest BCUT2D eigenvalue weighted by Crippen LogP contribution is -2.11. The third-order valence-corrected chi connectivity index (χ3v) is 1.23. The van der Waals surface area contributed by atoms with Gasteiger partial charge in [-0.15, -0.1) is 0 Å². The van der Waals surface area contributed by atoms with Crippen LogP contribution in [0.15, 0.2) is 0 Å². The van der Waals surface area contributed by atoms with E-state index in [-0.39, 0.29) is 12.4 Å². The van der Waals surface area contributed by atoms with Crippen molar-refractivity contribution in [2.24, 2.45) is 0 Å². The third kappa shape index (κ3) is 7.49. The number of Topliss-reactive ketones (excluding diaryl/α,β-unsaturated/α-hetero) is 1. The maximum atomic E-state index is 10.7. The van der Waals surface area contributed by atoms with Crippen LogP contribution in [0.5, 0.6) is 0 Å². The highest BCUT2D eigenvalue weighted by atomic mass is 16.5. The molecule has 0 amide bonds. The summed E-state index contributed by atoms with van der Waals surface area (Å²) in [6.07, 6.45) is 0.550. The van der Waals surface area contributed by atoms with Crippen molar-refractivity contribution in [3.63, 3.8) is 0 Å². The Balaban J connectivity index is 2.95. The van der Waals surface area contributed by atoms with Crippen molar-refractivity contribution in [3.05, 3.63) is 0 Å². The summed E-state index contributed by atoms with van der Waals surface area (Å²) in [5.41, 5.74) is 0. The summed E-state index contributed by atoms with van der Waals surface area (Å²) in [7, 11) is 0. The molecule has 0 aliphatic rings. The van der Waals surface area contributed by atoms with Crippen molar-refractivity contribution in [2.75, 3.05) is 26.4 Å². The Morgan fingerprint density at radius 1 is 1.18 bits per heavy atom. The van der Waals surface area contributed by atoms with E-state index in [9.17, 15) is 4.79 Å². The smallest absolute Gasteiger partial charge is 0.158 e. The zero-order valence-electron chi connectivity index (χ0n) is 7.26. The predicted molar refractivity (Wildman–Crippen MR) is 42.6 cm³/mol. The molecule has 0 radical (unpaired) electrons. The lowest BCUT2D eigenvalue weighted by atomic mass is 10.3. The van der Waals surface area contributed by atoms with Crippen molar-refractivity contribution in [2.45, 2.75) is 20.3 Å². The van der Waals surface area contributed by atoms with Crippen molar-refractivity contribution >= 4 is 5.78 Å². The molecule has 11 heavy (non-hydrogen) atoms. The first-order valence-corrected chi connectivity index (χ1v) is 3.98. The van der Waals surface area contributed by atoms with Crippen LogP contribution in [0.25, 0.3) is 0 Å². The van der Waals surface area contributed by atoms with Gasteiger partial charge in [-0.1, -0.05) is 6.92 Å². The minimum absolute atomic E-state index is 0.140. The largest absolute Gasteiger partial charge is 0.379 e. The van der Waals surface area contributed by atoms with E-state index < -0.39 is 0 Å². The molecule has 0 bridgehead atoms. The Bertz CT molecular complexity index is 102. The Kier molecular flexibility index (Phi) is 7.41. The number of hydrogen-bond donors (Lipinski definition) is 0. The van der Waals surface area contributed by atoms with Crippen LogP contribution in [0, 0.1) is 0 Å². The summed E-state index contributed by atoms with van der Waals surface area (Å²) in [6.45, 7) is 5.77. The molecular formula is C8H16O3. The molecule has 0 heterocycles. The van der Waals surface area contributed by atoms with E-state index >= 15 is 0 Å². The van der Waals surface area contributed by atoms with E-state index in [2.05, 4.69) is 0 Å². The Labute approximate surface area is 67.7 Å². The monoisotopic (exact) mass is 160 g/mol. The van der Waals surface area contributed by atoms with E-state index in [1.165, 1.54) is 0 Å². The van der Waals surface area contributed by atoms with E-state index in [1.807, 2.05) is 13.8 Å². The van der Waals surface area contributed by atoms with E-state index in [0.717, 1.165) is 0 Å². The average Bonchev–Trinajstić information content (AvgIpc) is 2.04. The van der Waals surface area contributed by atoms with Crippen LogP contribution in [0.3, 0.4) is 0 Å². The first-order chi connectivity index (χ1) is 5.31. The fourth-order valence-corrected chi connectivity index (χ4v) is 0.550. The highest BCUT2D eigenvalue weighted by Gasteiger charge is 1.96. The fourth-order valence-electron chi connectivity index (χ4n) is 0.550. The molecule has 0 aromatic carbocycles. The first kappa shape index (κ1) is 10.6. The van der Waals surface area contributed by atoms with Crippen molar-refractivity contribution in [1.29, 1.82) is 0 Å². The topological polar surface area (TPSA) is 35.5 Å². The van der Waals surface area contributed by atoms with Crippen molar-refractivity contribution < 1.29 is 14.3 Å². The first-order valence-electron chi connectivity index (χ1n) is 3.98. The molecule has 0 aliphatic heterocycles. The molecule has 3 nitrogen and oxygen atoms in total. The second kappa shape index (κ2) is 7.69. The molecule has 0 N–H and O–H groups in total. The van der Waals surface area contributed by atoms with Gasteiger partial charge in [0.1, 0.15) is 6.61 Å². The van der Waals surface area contributed by atoms with Gasteiger partial charge in [0.15, 0.2) is 5.78 Å². The van der Waals surface area contributed by atoms with Crippen molar-refractivity contribution in [1.82, 2.24) is 0 Å². The van der Waals surface area contributed by atoms with E-state index in [1.54, 1.807) is 0 Å². The maximum Gasteiger partial charge on any atom is 0.158 e. The minimum Gasteiger partial charge on any atom is -0.379 e. The minimum atomic E-state index is 0.140. The molecule has 0 saturated heterocycles. The van der Waals surface area contributed by atoms with Crippen LogP contribution in [-0.2, 0) is 14.3 Å². The second-order valence-electron chi connectivity index (χ2n) is 2.14. The summed E-state index contributed by atoms with van der Waals surface area (Å²) >= 11 is 0. The number of ether oxygens (including phenoxy) is 2. The van der Waals surface area contributed by atoms with Crippen LogP contribution in [-0.4, -0.2) is 32.2 Å². The van der Waals surface area contributed by atoms with E-state index in [4.69, 9.17) is 9.47 Å². The van der Waals surface area contributed by atoms with Gasteiger partial charge in [-0.25, -0.2) is 0 Å². The molecule has 0 atom stereocenters. The van der Waals surface area contributed by atoms with Crippen LogP contribution < -0.4 is 0 Å². The normalized spacial score (nSPS) is 10.0. The molecule has 0 rings (SSSR count). The van der Waals surface area contributed by atoms with Gasteiger partial charge in [0, 0.05) is 13.0 Å². The average molecular weight is 160 g/mol. The van der Waals surface area contributed by atoms with Gasteiger partial charge in [-0.2, -0.15) is 0 Å². The number of carbonyl (C=O) groups is 1. The molecule has 0 aromatic rings. The zero-order chi connectivity index (χ0) is 8.53. The summed E-state index contributed by atoms with van der Waals surface area (Å²) in [4.78, 5) is 10.7. The Morgan fingerprint density at radius 2 is 1.82 bits per heavy atom. The number of hydrogen-bond acceptors (Lipinski definition) is 3. The van der Waals surface area contributed by atoms with Crippen LogP contribution >= 0.6 is 0 Å². The van der Waals surface area contributed by atoms with Gasteiger partial charge < -0.3 is 9.47 Å². The lowest BCUT2D eigenvalue weighted by Gasteiger charge is -2.01. The highest BCUT2D eigenvalue weighted by Crippen LogP contribution is 1.83. The molecule has 0 spiro atoms. The van der Waals surface area contributed by atoms with Gasteiger partial charge in [0.05, 0.1) is 13.2 Å². The summed E-state index contributed by atoms with van der Waals surface area (Å²) < 4.78 is 10.0. The van der Waals surface area contributed by atoms with Gasteiger partial charge in [0.25, 0.3) is 0 Å². The van der Waals surface area contributed by atoms with Gasteiger partial charge in [0.2, 0.25) is 0 Å². The Morgan fingerprint density at radius 3 is 2.36 bits per heavy atom. The van der Waals surface area contributed by atoms with Gasteiger partial charge in [-0.3, -0.25) is 4.79 Å². The molecule has 0 unspecified atom stereocenters. The lowest BCUT2D eigenvalue weighted by molar-refractivity contribution is -0.123. The molecule has 66 valence electrons. The fraction of sp³-hybridized carbons (Fsp3) is 0.875. The number of carbonyl (C=O) groups excluding carboxylic acids is 1. The SMILES string of the molecule is CCOCCOCC(=O)CC. The van der Waals surface area contributed by atoms with Crippen molar-refractivity contribution in [3.8, 4) is 0 Å². The molecule has 0 fully saturated rings. The third-order valence-electron chi connectivity index (χ3n) is 1.23. The van der Waals surface area contributed by atoms with Crippen LogP contribution in [0.2, 0.25) is 0 Å². The summed E-state index contributed by atoms with van der Waals surface area (Å²) in [5.74, 6) is 0.140.